The number of aliphatic hydroxyl groups is 5. The number of phosphoric acid groups is 1. The molecule has 0 aliphatic heterocycles. The highest BCUT2D eigenvalue weighted by Gasteiger charge is 2.51. The van der Waals surface area contributed by atoms with E-state index in [4.69, 9.17) is 18.5 Å². The summed E-state index contributed by atoms with van der Waals surface area (Å²) in [5, 5.41) is 50.3. The van der Waals surface area contributed by atoms with E-state index in [0.717, 1.165) is 83.5 Å². The lowest BCUT2D eigenvalue weighted by atomic mass is 9.85. The normalized spacial score (nSPS) is 22.1. The molecule has 1 aliphatic carbocycles. The third kappa shape index (κ3) is 33.9. The summed E-state index contributed by atoms with van der Waals surface area (Å²) in [6, 6.07) is 0. The molecule has 6 unspecified atom stereocenters. The van der Waals surface area contributed by atoms with Gasteiger partial charge in [-0.1, -0.05) is 170 Å². The Morgan fingerprint density at radius 2 is 0.894 bits per heavy atom. The average Bonchev–Trinajstić information content (AvgIpc) is 3.30. The fourth-order valence-corrected chi connectivity index (χ4v) is 8.21. The van der Waals surface area contributed by atoms with Gasteiger partial charge in [0.15, 0.2) is 0 Å². The summed E-state index contributed by atoms with van der Waals surface area (Å²) in [5.74, 6) is -0.522. The van der Waals surface area contributed by atoms with Gasteiger partial charge in [0.2, 0.25) is 0 Å². The van der Waals surface area contributed by atoms with Gasteiger partial charge in [-0.3, -0.25) is 13.8 Å². The summed E-state index contributed by atoms with van der Waals surface area (Å²) in [5.41, 5.74) is 0. The SMILES string of the molecule is CC/C=C\C/C=C\C/C=C\C/C=C\CCCCC(=O)OC(COCCCCCCCCCCC/C=C\C/C=C\C/C=C\CCCCCCC)COP(=O)(O)OC1C(O)C(O)C(O)C(O)C1O. The maximum absolute atomic E-state index is 12.8. The molecule has 1 saturated carbocycles. The number of rotatable bonds is 42. The van der Waals surface area contributed by atoms with Crippen molar-refractivity contribution in [1.82, 2.24) is 0 Å². The zero-order chi connectivity index (χ0) is 48.4. The molecule has 0 heterocycles. The number of carbonyl (C=O) groups is 1. The van der Waals surface area contributed by atoms with Crippen LogP contribution in [-0.2, 0) is 27.9 Å². The lowest BCUT2D eigenvalue weighted by Crippen LogP contribution is -2.64. The van der Waals surface area contributed by atoms with Gasteiger partial charge in [0.25, 0.3) is 0 Å². The number of carbonyl (C=O) groups excluding carboxylic acids is 1. The van der Waals surface area contributed by atoms with E-state index < -0.39 is 63.1 Å². The van der Waals surface area contributed by atoms with Crippen molar-refractivity contribution in [3.8, 4) is 0 Å². The van der Waals surface area contributed by atoms with E-state index in [1.807, 2.05) is 0 Å². The predicted molar refractivity (Wildman–Crippen MR) is 267 cm³/mol. The van der Waals surface area contributed by atoms with Crippen molar-refractivity contribution in [3.05, 3.63) is 85.1 Å². The van der Waals surface area contributed by atoms with E-state index in [0.29, 0.717) is 13.0 Å². The van der Waals surface area contributed by atoms with E-state index in [2.05, 4.69) is 98.9 Å². The summed E-state index contributed by atoms with van der Waals surface area (Å²) >= 11 is 0. The molecule has 0 spiro atoms. The Bertz CT molecular complexity index is 1410. The number of hydrogen-bond acceptors (Lipinski definition) is 11. The molecular formula is C53H91O12P. The zero-order valence-electron chi connectivity index (χ0n) is 40.7. The van der Waals surface area contributed by atoms with Gasteiger partial charge < -0.3 is 39.9 Å². The first-order valence-corrected chi connectivity index (χ1v) is 26.9. The highest BCUT2D eigenvalue weighted by atomic mass is 31.2. The molecular weight excluding hydrogens is 860 g/mol. The monoisotopic (exact) mass is 951 g/mol. The van der Waals surface area contributed by atoms with Crippen LogP contribution in [-0.4, -0.2) is 98.9 Å². The Morgan fingerprint density at radius 3 is 1.36 bits per heavy atom. The number of hydrogen-bond donors (Lipinski definition) is 6. The van der Waals surface area contributed by atoms with Crippen LogP contribution in [0.5, 0.6) is 0 Å². The highest BCUT2D eigenvalue weighted by Crippen LogP contribution is 2.47. The number of allylic oxidation sites excluding steroid dienone is 14. The number of phosphoric ester groups is 1. The van der Waals surface area contributed by atoms with Gasteiger partial charge >= 0.3 is 13.8 Å². The Hall–Kier alpha value is -2.48. The fraction of sp³-hybridized carbons (Fsp3) is 0.717. The topological polar surface area (TPSA) is 192 Å². The van der Waals surface area contributed by atoms with E-state index >= 15 is 0 Å². The van der Waals surface area contributed by atoms with Crippen molar-refractivity contribution in [1.29, 1.82) is 0 Å². The van der Waals surface area contributed by atoms with Crippen LogP contribution in [0.4, 0.5) is 0 Å². The zero-order valence-corrected chi connectivity index (χ0v) is 41.6. The Morgan fingerprint density at radius 1 is 0.500 bits per heavy atom. The van der Waals surface area contributed by atoms with Crippen LogP contribution in [0.15, 0.2) is 85.1 Å². The van der Waals surface area contributed by atoms with Gasteiger partial charge in [-0.05, 0) is 89.9 Å². The molecule has 1 aliphatic rings. The molecule has 0 amide bonds. The summed E-state index contributed by atoms with van der Waals surface area (Å²) < 4.78 is 34.2. The standard InChI is InChI=1S/C53H91O12P/c1-3-5-7-9-11-13-15-17-19-20-21-22-23-24-25-26-27-29-31-33-35-37-39-41-43-62-44-46(45-63-66(60,61)65-53-51(58)49(56)48(55)50(57)52(53)59)64-47(54)42-40-38-36-34-32-30-28-18-16-14-12-10-8-6-4-2/h6,8,12,14-15,17-18,20-21,23-24,28,32,34,46,48-53,55-59H,3-5,7,9-11,13,16,19,22,25-27,29-31,33,35-45H2,1-2H3,(H,60,61)/b8-6-,14-12-,17-15-,21-20-,24-23-,28-18-,34-32-. The largest absolute Gasteiger partial charge is 0.472 e. The predicted octanol–water partition coefficient (Wildman–Crippen LogP) is 11.3. The lowest BCUT2D eigenvalue weighted by Gasteiger charge is -2.41. The minimum atomic E-state index is -5.04. The van der Waals surface area contributed by atoms with Crippen LogP contribution >= 0.6 is 7.82 Å². The molecule has 66 heavy (non-hydrogen) atoms. The molecule has 0 radical (unpaired) electrons. The van der Waals surface area contributed by atoms with Gasteiger partial charge in [0, 0.05) is 13.0 Å². The van der Waals surface area contributed by atoms with Crippen LogP contribution in [0.2, 0.25) is 0 Å². The molecule has 0 aromatic heterocycles. The molecule has 0 saturated heterocycles. The van der Waals surface area contributed by atoms with Gasteiger partial charge in [0.05, 0.1) is 13.2 Å². The summed E-state index contributed by atoms with van der Waals surface area (Å²) in [6.45, 7) is 4.07. The Labute approximate surface area is 399 Å². The van der Waals surface area contributed by atoms with Crippen LogP contribution in [0.3, 0.4) is 0 Å². The van der Waals surface area contributed by atoms with Crippen molar-refractivity contribution in [2.24, 2.45) is 0 Å². The van der Waals surface area contributed by atoms with Crippen LogP contribution in [0, 0.1) is 0 Å². The van der Waals surface area contributed by atoms with E-state index in [-0.39, 0.29) is 13.0 Å². The minimum absolute atomic E-state index is 0.102. The second-order valence-corrected chi connectivity index (χ2v) is 18.7. The lowest BCUT2D eigenvalue weighted by molar-refractivity contribution is -0.220. The van der Waals surface area contributed by atoms with Gasteiger partial charge in [-0.25, -0.2) is 4.57 Å². The average molecular weight is 951 g/mol. The van der Waals surface area contributed by atoms with Crippen molar-refractivity contribution < 1.29 is 58.3 Å². The molecule has 6 atom stereocenters. The summed E-state index contributed by atoms with van der Waals surface area (Å²) in [7, 11) is -5.04. The fourth-order valence-electron chi connectivity index (χ4n) is 7.24. The van der Waals surface area contributed by atoms with Gasteiger partial charge in [0.1, 0.15) is 42.7 Å². The van der Waals surface area contributed by atoms with Crippen LogP contribution in [0.25, 0.3) is 0 Å². The summed E-state index contributed by atoms with van der Waals surface area (Å²) in [4.78, 5) is 23.2. The number of ether oxygens (including phenoxy) is 2. The molecule has 0 aromatic rings. The Kier molecular flexibility index (Phi) is 39.7. The molecule has 0 bridgehead atoms. The number of esters is 1. The molecule has 1 rings (SSSR count). The van der Waals surface area contributed by atoms with Gasteiger partial charge in [-0.2, -0.15) is 0 Å². The van der Waals surface area contributed by atoms with Crippen molar-refractivity contribution in [2.45, 2.75) is 224 Å². The highest BCUT2D eigenvalue weighted by molar-refractivity contribution is 7.47. The van der Waals surface area contributed by atoms with Crippen LogP contribution in [0.1, 0.15) is 181 Å². The smallest absolute Gasteiger partial charge is 0.457 e. The third-order valence-electron chi connectivity index (χ3n) is 11.3. The van der Waals surface area contributed by atoms with Crippen molar-refractivity contribution in [3.63, 3.8) is 0 Å². The molecule has 12 nitrogen and oxygen atoms in total. The Balaban J connectivity index is 2.36. The first-order chi connectivity index (χ1) is 32.0. The van der Waals surface area contributed by atoms with E-state index in [1.54, 1.807) is 0 Å². The second-order valence-electron chi connectivity index (χ2n) is 17.3. The third-order valence-corrected chi connectivity index (χ3v) is 12.2. The quantitative estimate of drug-likeness (QED) is 0.0147. The number of aliphatic hydroxyl groups excluding tert-OH is 5. The second kappa shape index (κ2) is 42.6. The van der Waals surface area contributed by atoms with Crippen LogP contribution < -0.4 is 0 Å². The first kappa shape index (κ1) is 61.5. The molecule has 13 heteroatoms. The van der Waals surface area contributed by atoms with Gasteiger partial charge in [-0.15, -0.1) is 0 Å². The van der Waals surface area contributed by atoms with E-state index in [9.17, 15) is 39.8 Å². The minimum Gasteiger partial charge on any atom is -0.457 e. The van der Waals surface area contributed by atoms with Crippen molar-refractivity contribution >= 4 is 13.8 Å². The van der Waals surface area contributed by atoms with Crippen molar-refractivity contribution in [2.75, 3.05) is 19.8 Å². The molecule has 380 valence electrons. The first-order valence-electron chi connectivity index (χ1n) is 25.4. The number of unbranched alkanes of at least 4 members (excludes halogenated alkanes) is 16. The maximum atomic E-state index is 12.8. The molecule has 6 N–H and O–H groups in total. The summed E-state index contributed by atoms with van der Waals surface area (Å²) in [6.07, 6.45) is 45.1. The molecule has 0 aromatic carbocycles. The van der Waals surface area contributed by atoms with E-state index in [1.165, 1.54) is 70.6 Å². The maximum Gasteiger partial charge on any atom is 0.472 e. The molecule has 1 fully saturated rings.